The number of rotatable bonds is 9. The second kappa shape index (κ2) is 15.1. The maximum absolute atomic E-state index is 12.7. The van der Waals surface area contributed by atoms with Crippen LogP contribution >= 0.6 is 0 Å². The van der Waals surface area contributed by atoms with E-state index in [1.165, 1.54) is 11.8 Å². The van der Waals surface area contributed by atoms with Gasteiger partial charge >= 0.3 is 12.2 Å². The molecule has 0 saturated carbocycles. The zero-order valence-corrected chi connectivity index (χ0v) is 26.4. The number of aromatic nitrogens is 3. The number of benzene rings is 1. The first kappa shape index (κ1) is 33.8. The molecule has 0 unspecified atom stereocenters. The molecule has 3 N–H and O–H groups in total. The van der Waals surface area contributed by atoms with Crippen LogP contribution in [0.1, 0.15) is 70.6 Å². The highest BCUT2D eigenvalue weighted by Gasteiger charge is 2.21. The van der Waals surface area contributed by atoms with E-state index in [0.29, 0.717) is 42.9 Å². The number of aromatic amines is 1. The first-order valence-corrected chi connectivity index (χ1v) is 14.5. The van der Waals surface area contributed by atoms with Gasteiger partial charge in [0, 0.05) is 29.9 Å². The zero-order valence-electron chi connectivity index (χ0n) is 26.4. The minimum Gasteiger partial charge on any atom is -0.478 e. The highest BCUT2D eigenvalue weighted by molar-refractivity contribution is 6.02. The summed E-state index contributed by atoms with van der Waals surface area (Å²) in [6.45, 7) is 12.5. The predicted octanol–water partition coefficient (Wildman–Crippen LogP) is 5.31. The molecule has 3 aromatic rings. The summed E-state index contributed by atoms with van der Waals surface area (Å²) in [6, 6.07) is 13.2. The number of carbonyl (C=O) groups is 2. The Labute approximate surface area is 257 Å². The normalized spacial score (nSPS) is 11.3. The van der Waals surface area contributed by atoms with Crippen molar-refractivity contribution >= 4 is 23.8 Å². The Morgan fingerprint density at radius 2 is 1.55 bits per heavy atom. The van der Waals surface area contributed by atoms with E-state index in [1.54, 1.807) is 53.7 Å². The van der Waals surface area contributed by atoms with Gasteiger partial charge in [-0.1, -0.05) is 30.3 Å². The summed E-state index contributed by atoms with van der Waals surface area (Å²) in [4.78, 5) is 53.5. The molecule has 0 spiro atoms. The number of nitrogens with zero attached hydrogens (tertiary/aromatic N) is 3. The van der Waals surface area contributed by atoms with E-state index in [0.717, 1.165) is 12.1 Å². The average Bonchev–Trinajstić information content (AvgIpc) is 2.89. The first-order valence-electron chi connectivity index (χ1n) is 14.5. The minimum absolute atomic E-state index is 0.118. The maximum atomic E-state index is 12.7. The molecule has 44 heavy (non-hydrogen) atoms. The number of hydrogen-bond acceptors (Lipinski definition) is 9. The van der Waals surface area contributed by atoms with Crippen LogP contribution < -0.4 is 20.9 Å². The fourth-order valence-electron chi connectivity index (χ4n) is 3.98. The molecule has 0 saturated heterocycles. The minimum atomic E-state index is -0.802. The van der Waals surface area contributed by atoms with Gasteiger partial charge in [-0.15, -0.1) is 0 Å². The molecule has 0 aliphatic rings. The third kappa shape index (κ3) is 12.2. The number of guanidine groups is 1. The van der Waals surface area contributed by atoms with Gasteiger partial charge < -0.3 is 19.2 Å². The van der Waals surface area contributed by atoms with E-state index >= 15 is 0 Å². The topological polar surface area (TPSA) is 157 Å². The van der Waals surface area contributed by atoms with E-state index in [1.807, 2.05) is 37.3 Å². The van der Waals surface area contributed by atoms with Gasteiger partial charge in [-0.25, -0.2) is 24.5 Å². The smallest absolute Gasteiger partial charge is 0.414 e. The van der Waals surface area contributed by atoms with Crippen LogP contribution in [-0.2, 0) is 28.7 Å². The zero-order chi connectivity index (χ0) is 32.3. The van der Waals surface area contributed by atoms with Crippen molar-refractivity contribution in [3.05, 3.63) is 81.7 Å². The molecular weight excluding hydrogens is 564 g/mol. The molecule has 0 atom stereocenters. The van der Waals surface area contributed by atoms with E-state index in [4.69, 9.17) is 14.2 Å². The van der Waals surface area contributed by atoms with Crippen molar-refractivity contribution in [2.45, 2.75) is 85.4 Å². The average molecular weight is 607 g/mol. The molecule has 0 aliphatic heterocycles. The molecule has 0 aliphatic carbocycles. The number of alkyl carbamates (subject to hydrolysis) is 2. The largest absolute Gasteiger partial charge is 0.478 e. The molecule has 0 bridgehead atoms. The quantitative estimate of drug-likeness (QED) is 0.168. The van der Waals surface area contributed by atoms with Crippen molar-refractivity contribution in [1.82, 2.24) is 25.6 Å². The molecule has 12 nitrogen and oxygen atoms in total. The van der Waals surface area contributed by atoms with Crippen LogP contribution in [-0.4, -0.2) is 50.9 Å². The van der Waals surface area contributed by atoms with Gasteiger partial charge in [0.15, 0.2) is 0 Å². The Morgan fingerprint density at radius 3 is 2.14 bits per heavy atom. The SMILES string of the molecule is Cc1nc(CCCOc2cc(N=C(NC(=O)OC(C)(C)C)NC(=O)OC(C)(C)C)ccn2)[nH]c(=O)c1CCc1ccccc1. The maximum Gasteiger partial charge on any atom is 0.414 e. The summed E-state index contributed by atoms with van der Waals surface area (Å²) < 4.78 is 16.3. The number of amides is 2. The molecular formula is C32H42N6O6. The van der Waals surface area contributed by atoms with Crippen molar-refractivity contribution < 1.29 is 23.8 Å². The van der Waals surface area contributed by atoms with Gasteiger partial charge in [0.1, 0.15) is 17.0 Å². The Morgan fingerprint density at radius 1 is 0.909 bits per heavy atom. The van der Waals surface area contributed by atoms with E-state index in [2.05, 4.69) is 30.6 Å². The number of nitrogens with one attached hydrogen (secondary N) is 3. The van der Waals surface area contributed by atoms with Crippen molar-refractivity contribution in [3.63, 3.8) is 0 Å². The van der Waals surface area contributed by atoms with Gasteiger partial charge in [-0.05, 0) is 79.4 Å². The molecule has 236 valence electrons. The highest BCUT2D eigenvalue weighted by atomic mass is 16.6. The summed E-state index contributed by atoms with van der Waals surface area (Å²) in [7, 11) is 0. The van der Waals surface area contributed by atoms with Crippen LogP contribution in [0, 0.1) is 6.92 Å². The van der Waals surface area contributed by atoms with Crippen LogP contribution in [0.3, 0.4) is 0 Å². The van der Waals surface area contributed by atoms with Gasteiger partial charge in [0.05, 0.1) is 12.3 Å². The third-order valence-corrected chi connectivity index (χ3v) is 5.78. The van der Waals surface area contributed by atoms with Crippen molar-refractivity contribution in [1.29, 1.82) is 0 Å². The van der Waals surface area contributed by atoms with Gasteiger partial charge in [0.25, 0.3) is 5.56 Å². The fourth-order valence-corrected chi connectivity index (χ4v) is 3.98. The summed E-state index contributed by atoms with van der Waals surface area (Å²) in [5.41, 5.74) is 1.30. The number of aliphatic imine (C=N–C) groups is 1. The molecule has 3 rings (SSSR count). The number of pyridine rings is 1. The van der Waals surface area contributed by atoms with Gasteiger partial charge in [0.2, 0.25) is 11.8 Å². The second-order valence-electron chi connectivity index (χ2n) is 12.1. The third-order valence-electron chi connectivity index (χ3n) is 5.78. The summed E-state index contributed by atoms with van der Waals surface area (Å²) in [6.07, 6.45) is 2.36. The lowest BCUT2D eigenvalue weighted by molar-refractivity contribution is 0.0545. The number of ether oxygens (including phenoxy) is 3. The van der Waals surface area contributed by atoms with Crippen LogP contribution in [0.4, 0.5) is 15.3 Å². The van der Waals surface area contributed by atoms with Crippen LogP contribution in [0.15, 0.2) is 58.4 Å². The fraction of sp³-hybridized carbons (Fsp3) is 0.438. The molecule has 1 aromatic carbocycles. The number of H-pyrrole nitrogens is 1. The number of aryl methyl sites for hydroxylation is 3. The van der Waals surface area contributed by atoms with Crippen LogP contribution in [0.25, 0.3) is 0 Å². The predicted molar refractivity (Wildman–Crippen MR) is 167 cm³/mol. The summed E-state index contributed by atoms with van der Waals surface area (Å²) in [5, 5.41) is 4.87. The van der Waals surface area contributed by atoms with Crippen molar-refractivity contribution in [3.8, 4) is 5.88 Å². The molecule has 0 radical (unpaired) electrons. The Kier molecular flexibility index (Phi) is 11.6. The van der Waals surface area contributed by atoms with Crippen LogP contribution in [0.5, 0.6) is 5.88 Å². The van der Waals surface area contributed by atoms with E-state index in [9.17, 15) is 14.4 Å². The Hall–Kier alpha value is -4.74. The van der Waals surface area contributed by atoms with Crippen molar-refractivity contribution in [2.75, 3.05) is 6.61 Å². The van der Waals surface area contributed by atoms with E-state index in [-0.39, 0.29) is 17.4 Å². The molecule has 2 amide bonds. The second-order valence-corrected chi connectivity index (χ2v) is 12.1. The standard InChI is InChI=1S/C32H42N6O6/c1-21-24(16-15-22-12-9-8-10-13-22)27(39)36-25(34-21)14-11-19-42-26-20-23(17-18-33-26)35-28(37-29(40)43-31(2,3)4)38-30(41)44-32(5,6)7/h8-10,12-13,17-18,20H,11,14-16,19H2,1-7H3,(H,34,36,39)(H2,33,35,37,38,40,41). The monoisotopic (exact) mass is 606 g/mol. The lowest BCUT2D eigenvalue weighted by atomic mass is 10.0. The first-order chi connectivity index (χ1) is 20.7. The molecule has 0 fully saturated rings. The number of carbonyl (C=O) groups excluding carboxylic acids is 2. The van der Waals surface area contributed by atoms with Gasteiger partial charge in [-0.3, -0.25) is 15.4 Å². The van der Waals surface area contributed by atoms with Crippen molar-refractivity contribution in [2.24, 2.45) is 4.99 Å². The molecule has 2 aromatic heterocycles. The summed E-state index contributed by atoms with van der Waals surface area (Å²) in [5.74, 6) is 0.689. The highest BCUT2D eigenvalue weighted by Crippen LogP contribution is 2.18. The van der Waals surface area contributed by atoms with Gasteiger partial charge in [-0.2, -0.15) is 0 Å². The van der Waals surface area contributed by atoms with Crippen LogP contribution in [0.2, 0.25) is 0 Å². The molecule has 2 heterocycles. The lowest BCUT2D eigenvalue weighted by Crippen LogP contribution is -2.47. The summed E-state index contributed by atoms with van der Waals surface area (Å²) >= 11 is 0. The Balaban J connectivity index is 1.60. The Bertz CT molecular complexity index is 1470. The van der Waals surface area contributed by atoms with E-state index < -0.39 is 23.4 Å². The number of hydrogen-bond donors (Lipinski definition) is 3. The molecule has 12 heteroatoms. The lowest BCUT2D eigenvalue weighted by Gasteiger charge is -2.22.